The van der Waals surface area contributed by atoms with Gasteiger partial charge in [0.15, 0.2) is 0 Å². The molecule has 0 amide bonds. The molecule has 0 saturated carbocycles. The number of hydrogen-bond donors (Lipinski definition) is 1. The van der Waals surface area contributed by atoms with Crippen molar-refractivity contribution in [2.45, 2.75) is 19.3 Å². The minimum atomic E-state index is -0.453. The first-order valence-corrected chi connectivity index (χ1v) is 8.42. The Bertz CT molecular complexity index is 624. The fourth-order valence-electron chi connectivity index (χ4n) is 2.97. The van der Waals surface area contributed by atoms with Gasteiger partial charge in [-0.15, -0.1) is 0 Å². The van der Waals surface area contributed by atoms with Crippen LogP contribution in [0.1, 0.15) is 11.1 Å². The van der Waals surface area contributed by atoms with Crippen molar-refractivity contribution in [3.8, 4) is 0 Å². The predicted octanol–water partition coefficient (Wildman–Crippen LogP) is 3.58. The summed E-state index contributed by atoms with van der Waals surface area (Å²) in [5, 5.41) is 10.2. The highest BCUT2D eigenvalue weighted by Gasteiger charge is 2.30. The summed E-state index contributed by atoms with van der Waals surface area (Å²) in [7, 11) is 0. The maximum atomic E-state index is 10.2. The summed E-state index contributed by atoms with van der Waals surface area (Å²) in [4.78, 5) is 0. The second-order valence-corrected chi connectivity index (χ2v) is 6.20. The molecule has 24 heavy (non-hydrogen) atoms. The minimum Gasteiger partial charge on any atom is -0.389 e. The van der Waals surface area contributed by atoms with Crippen molar-refractivity contribution in [1.82, 2.24) is 0 Å². The quantitative estimate of drug-likeness (QED) is 0.754. The number of rotatable bonds is 8. The number of aliphatic hydroxyl groups excluding tert-OH is 1. The zero-order chi connectivity index (χ0) is 16.6. The molecule has 1 aliphatic carbocycles. The van der Waals surface area contributed by atoms with Gasteiger partial charge in [0.1, 0.15) is 0 Å². The van der Waals surface area contributed by atoms with E-state index < -0.39 is 6.10 Å². The lowest BCUT2D eigenvalue weighted by Crippen LogP contribution is -2.28. The number of ether oxygens (including phenoxy) is 2. The van der Waals surface area contributed by atoms with E-state index in [2.05, 4.69) is 12.1 Å². The second-order valence-electron chi connectivity index (χ2n) is 6.20. The lowest BCUT2D eigenvalue weighted by molar-refractivity contribution is 0.00395. The van der Waals surface area contributed by atoms with E-state index in [1.165, 1.54) is 0 Å². The molecular weight excluding hydrogens is 300 g/mol. The second kappa shape index (κ2) is 8.78. The van der Waals surface area contributed by atoms with Crippen LogP contribution in [0.5, 0.6) is 0 Å². The van der Waals surface area contributed by atoms with Crippen LogP contribution in [0.25, 0.3) is 0 Å². The van der Waals surface area contributed by atoms with Gasteiger partial charge in [0.05, 0.1) is 32.5 Å². The lowest BCUT2D eigenvalue weighted by Gasteiger charge is -2.22. The summed E-state index contributed by atoms with van der Waals surface area (Å²) in [5.74, 6) is 0.254. The monoisotopic (exact) mass is 324 g/mol. The van der Waals surface area contributed by atoms with E-state index in [0.717, 1.165) is 11.1 Å². The molecule has 0 spiro atoms. The van der Waals surface area contributed by atoms with Crippen LogP contribution in [0.4, 0.5) is 0 Å². The molecule has 0 bridgehead atoms. The molecule has 0 aromatic heterocycles. The van der Waals surface area contributed by atoms with Crippen LogP contribution < -0.4 is 0 Å². The first kappa shape index (κ1) is 16.9. The molecule has 3 atom stereocenters. The summed E-state index contributed by atoms with van der Waals surface area (Å²) in [6.07, 6.45) is 3.45. The molecule has 1 aliphatic rings. The molecule has 0 unspecified atom stereocenters. The molecule has 2 aromatic carbocycles. The largest absolute Gasteiger partial charge is 0.389 e. The van der Waals surface area contributed by atoms with Crippen molar-refractivity contribution < 1.29 is 14.6 Å². The molecule has 0 heterocycles. The first-order chi connectivity index (χ1) is 11.8. The summed E-state index contributed by atoms with van der Waals surface area (Å²) >= 11 is 0. The number of aliphatic hydroxyl groups is 1. The van der Waals surface area contributed by atoms with Crippen molar-refractivity contribution in [3.63, 3.8) is 0 Å². The Balaban J connectivity index is 1.43. The van der Waals surface area contributed by atoms with E-state index in [-0.39, 0.29) is 11.8 Å². The summed E-state index contributed by atoms with van der Waals surface area (Å²) in [6.45, 7) is 2.30. The van der Waals surface area contributed by atoms with Gasteiger partial charge in [0.25, 0.3) is 0 Å². The van der Waals surface area contributed by atoms with Gasteiger partial charge in [-0.3, -0.25) is 0 Å². The van der Waals surface area contributed by atoms with Gasteiger partial charge < -0.3 is 14.6 Å². The lowest BCUT2D eigenvalue weighted by atomic mass is 9.95. The van der Waals surface area contributed by atoms with E-state index in [1.54, 1.807) is 0 Å². The van der Waals surface area contributed by atoms with Gasteiger partial charge in [-0.25, -0.2) is 0 Å². The topological polar surface area (TPSA) is 38.7 Å². The van der Waals surface area contributed by atoms with Gasteiger partial charge in [0.2, 0.25) is 0 Å². The molecule has 0 fully saturated rings. The third kappa shape index (κ3) is 4.78. The van der Waals surface area contributed by atoms with Crippen molar-refractivity contribution in [1.29, 1.82) is 0 Å². The van der Waals surface area contributed by atoms with Gasteiger partial charge in [-0.2, -0.15) is 0 Å². The Hall–Kier alpha value is -1.94. The Kier molecular flexibility index (Phi) is 6.19. The average molecular weight is 324 g/mol. The molecule has 1 N–H and O–H groups in total. The van der Waals surface area contributed by atoms with Crippen molar-refractivity contribution in [2.75, 3.05) is 13.2 Å². The number of hydrogen-bond acceptors (Lipinski definition) is 3. The fourth-order valence-corrected chi connectivity index (χ4v) is 2.97. The van der Waals surface area contributed by atoms with E-state index in [1.807, 2.05) is 60.7 Å². The maximum Gasteiger partial charge on any atom is 0.0777 e. The molecule has 3 heteroatoms. The van der Waals surface area contributed by atoms with Crippen LogP contribution in [0, 0.1) is 11.8 Å². The van der Waals surface area contributed by atoms with Crippen LogP contribution in [-0.2, 0) is 22.7 Å². The molecule has 3 nitrogen and oxygen atoms in total. The average Bonchev–Trinajstić information content (AvgIpc) is 2.97. The Morgan fingerprint density at radius 1 is 0.708 bits per heavy atom. The van der Waals surface area contributed by atoms with Crippen LogP contribution in [0.3, 0.4) is 0 Å². The van der Waals surface area contributed by atoms with E-state index >= 15 is 0 Å². The molecule has 0 aliphatic heterocycles. The van der Waals surface area contributed by atoms with Gasteiger partial charge in [-0.05, 0) is 11.1 Å². The molecule has 0 saturated heterocycles. The third-order valence-corrected chi connectivity index (χ3v) is 4.39. The van der Waals surface area contributed by atoms with E-state index in [4.69, 9.17) is 9.47 Å². The molecule has 3 rings (SSSR count). The van der Waals surface area contributed by atoms with E-state index in [0.29, 0.717) is 26.4 Å². The smallest absolute Gasteiger partial charge is 0.0777 e. The maximum absolute atomic E-state index is 10.2. The summed E-state index contributed by atoms with van der Waals surface area (Å²) in [6, 6.07) is 20.2. The predicted molar refractivity (Wildman–Crippen MR) is 94.3 cm³/mol. The molecule has 2 aromatic rings. The molecule has 0 radical (unpaired) electrons. The highest BCUT2D eigenvalue weighted by Crippen LogP contribution is 2.27. The Labute approximate surface area is 143 Å². The van der Waals surface area contributed by atoms with Gasteiger partial charge in [-0.1, -0.05) is 72.8 Å². The minimum absolute atomic E-state index is 0.0597. The fraction of sp³-hybridized carbons (Fsp3) is 0.333. The van der Waals surface area contributed by atoms with Gasteiger partial charge in [0, 0.05) is 11.8 Å². The highest BCUT2D eigenvalue weighted by molar-refractivity contribution is 5.14. The van der Waals surface area contributed by atoms with Crippen molar-refractivity contribution >= 4 is 0 Å². The normalized spacial score (nSPS) is 22.8. The summed E-state index contributed by atoms with van der Waals surface area (Å²) in [5.41, 5.74) is 2.31. The van der Waals surface area contributed by atoms with Crippen LogP contribution in [0.15, 0.2) is 72.8 Å². The molecule has 126 valence electrons. The highest BCUT2D eigenvalue weighted by atomic mass is 16.5. The first-order valence-electron chi connectivity index (χ1n) is 8.42. The van der Waals surface area contributed by atoms with Crippen LogP contribution in [-0.4, -0.2) is 24.4 Å². The Morgan fingerprint density at radius 2 is 1.25 bits per heavy atom. The third-order valence-electron chi connectivity index (χ3n) is 4.39. The SMILES string of the molecule is O[C@@H]1C=C[C@H](COCc2ccccc2)[C@H]1COCc1ccccc1. The summed E-state index contributed by atoms with van der Waals surface area (Å²) < 4.78 is 11.6. The van der Waals surface area contributed by atoms with Crippen molar-refractivity contribution in [2.24, 2.45) is 11.8 Å². The number of benzene rings is 2. The van der Waals surface area contributed by atoms with Crippen molar-refractivity contribution in [3.05, 3.63) is 83.9 Å². The van der Waals surface area contributed by atoms with Crippen LogP contribution >= 0.6 is 0 Å². The standard InChI is InChI=1S/C21H24O3/c22-21-12-11-19(15-23-13-17-7-3-1-4-8-17)20(21)16-24-14-18-9-5-2-6-10-18/h1-12,19-22H,13-16H2/t19-,20-,21-/m1/s1. The Morgan fingerprint density at radius 3 is 1.83 bits per heavy atom. The van der Waals surface area contributed by atoms with Crippen LogP contribution in [0.2, 0.25) is 0 Å². The van der Waals surface area contributed by atoms with E-state index in [9.17, 15) is 5.11 Å². The zero-order valence-corrected chi connectivity index (χ0v) is 13.8. The van der Waals surface area contributed by atoms with Gasteiger partial charge >= 0.3 is 0 Å². The zero-order valence-electron chi connectivity index (χ0n) is 13.8. The molecular formula is C21H24O3.